The molecule has 2 amide bonds. The second kappa shape index (κ2) is 8.47. The van der Waals surface area contributed by atoms with Crippen LogP contribution in [0.15, 0.2) is 72.4 Å². The van der Waals surface area contributed by atoms with Gasteiger partial charge in [0, 0.05) is 11.8 Å². The van der Waals surface area contributed by atoms with E-state index in [0.717, 1.165) is 17.5 Å². The molecule has 6 heteroatoms. The van der Waals surface area contributed by atoms with E-state index in [9.17, 15) is 9.59 Å². The zero-order chi connectivity index (χ0) is 22.9. The second-order valence-corrected chi connectivity index (χ2v) is 8.07. The van der Waals surface area contributed by atoms with Gasteiger partial charge in [0.2, 0.25) is 0 Å². The monoisotopic (exact) mass is 440 g/mol. The van der Waals surface area contributed by atoms with E-state index in [1.807, 2.05) is 61.5 Å². The van der Waals surface area contributed by atoms with Gasteiger partial charge in [-0.05, 0) is 48.7 Å². The molecule has 0 saturated carbocycles. The summed E-state index contributed by atoms with van der Waals surface area (Å²) in [5.41, 5.74) is 4.67. The zero-order valence-electron chi connectivity index (χ0n) is 18.6. The standard InChI is InChI=1S/C27H24N2O4/c1-3-18-6-11-21(12-7-18)29-26(30)24(19-8-4-17(2)5-9-19)25(27(29)31)28-20-10-13-22-23(16-20)33-15-14-32-22/h4-13,16,28H,3,14-15H2,1-2H3. The van der Waals surface area contributed by atoms with Crippen LogP contribution >= 0.6 is 0 Å². The molecule has 0 aromatic heterocycles. The number of nitrogens with one attached hydrogen (secondary N) is 1. The first-order valence-electron chi connectivity index (χ1n) is 11.0. The zero-order valence-corrected chi connectivity index (χ0v) is 18.6. The molecule has 6 nitrogen and oxygen atoms in total. The van der Waals surface area contributed by atoms with Gasteiger partial charge in [-0.25, -0.2) is 4.90 Å². The molecule has 2 aliphatic rings. The third kappa shape index (κ3) is 3.84. The quantitative estimate of drug-likeness (QED) is 0.581. The van der Waals surface area contributed by atoms with Gasteiger partial charge in [0.05, 0.1) is 11.3 Å². The summed E-state index contributed by atoms with van der Waals surface area (Å²) < 4.78 is 11.3. The van der Waals surface area contributed by atoms with E-state index in [1.54, 1.807) is 12.1 Å². The summed E-state index contributed by atoms with van der Waals surface area (Å²) >= 11 is 0. The third-order valence-corrected chi connectivity index (χ3v) is 5.84. The average Bonchev–Trinajstić information content (AvgIpc) is 3.09. The topological polar surface area (TPSA) is 67.9 Å². The lowest BCUT2D eigenvalue weighted by molar-refractivity contribution is -0.120. The van der Waals surface area contributed by atoms with Crippen LogP contribution in [0.5, 0.6) is 11.5 Å². The van der Waals surface area contributed by atoms with Crippen molar-refractivity contribution < 1.29 is 19.1 Å². The number of amides is 2. The molecule has 33 heavy (non-hydrogen) atoms. The molecule has 0 aliphatic carbocycles. The molecular formula is C27H24N2O4. The first kappa shape index (κ1) is 20.8. The predicted molar refractivity (Wildman–Crippen MR) is 127 cm³/mol. The van der Waals surface area contributed by atoms with Crippen LogP contribution in [-0.4, -0.2) is 25.0 Å². The highest BCUT2D eigenvalue weighted by Crippen LogP contribution is 2.37. The molecule has 3 aromatic rings. The minimum absolute atomic E-state index is 0.236. The number of carbonyl (C=O) groups is 2. The molecule has 2 heterocycles. The summed E-state index contributed by atoms with van der Waals surface area (Å²) in [5, 5.41) is 3.19. The molecule has 0 fully saturated rings. The minimum atomic E-state index is -0.394. The summed E-state index contributed by atoms with van der Waals surface area (Å²) in [4.78, 5) is 28.3. The Balaban J connectivity index is 1.56. The molecule has 0 saturated heterocycles. The molecule has 5 rings (SSSR count). The van der Waals surface area contributed by atoms with E-state index >= 15 is 0 Å². The van der Waals surface area contributed by atoms with Crippen LogP contribution in [0.3, 0.4) is 0 Å². The summed E-state index contributed by atoms with van der Waals surface area (Å²) in [6.07, 6.45) is 0.881. The number of benzene rings is 3. The molecule has 0 unspecified atom stereocenters. The van der Waals surface area contributed by atoms with Crippen molar-refractivity contribution in [2.45, 2.75) is 20.3 Å². The Kier molecular flexibility index (Phi) is 5.34. The number of hydrogen-bond donors (Lipinski definition) is 1. The van der Waals surface area contributed by atoms with Crippen LogP contribution in [0.2, 0.25) is 0 Å². The van der Waals surface area contributed by atoms with Gasteiger partial charge in [-0.2, -0.15) is 0 Å². The lowest BCUT2D eigenvalue weighted by atomic mass is 10.0. The molecule has 2 aliphatic heterocycles. The molecule has 0 bridgehead atoms. The number of ether oxygens (including phenoxy) is 2. The van der Waals surface area contributed by atoms with E-state index in [2.05, 4.69) is 12.2 Å². The van der Waals surface area contributed by atoms with Crippen molar-refractivity contribution in [2.75, 3.05) is 23.4 Å². The summed E-state index contributed by atoms with van der Waals surface area (Å²) in [6.45, 7) is 5.01. The Bertz CT molecular complexity index is 1260. The number of rotatable bonds is 5. The first-order chi connectivity index (χ1) is 16.0. The van der Waals surface area contributed by atoms with Gasteiger partial charge < -0.3 is 14.8 Å². The van der Waals surface area contributed by atoms with Crippen LogP contribution < -0.4 is 19.7 Å². The molecular weight excluding hydrogens is 416 g/mol. The van der Waals surface area contributed by atoms with Crippen molar-refractivity contribution in [3.8, 4) is 11.5 Å². The number of carbonyl (C=O) groups excluding carboxylic acids is 2. The third-order valence-electron chi connectivity index (χ3n) is 5.84. The van der Waals surface area contributed by atoms with Gasteiger partial charge >= 0.3 is 0 Å². The fourth-order valence-corrected chi connectivity index (χ4v) is 4.01. The van der Waals surface area contributed by atoms with Crippen LogP contribution in [0, 0.1) is 6.92 Å². The SMILES string of the molecule is CCc1ccc(N2C(=O)C(Nc3ccc4c(c3)OCCO4)=C(c3ccc(C)cc3)C2=O)cc1. The second-order valence-electron chi connectivity index (χ2n) is 8.07. The number of imide groups is 1. The van der Waals surface area contributed by atoms with Gasteiger partial charge in [-0.15, -0.1) is 0 Å². The highest BCUT2D eigenvalue weighted by molar-refractivity contribution is 6.46. The van der Waals surface area contributed by atoms with E-state index in [-0.39, 0.29) is 11.6 Å². The van der Waals surface area contributed by atoms with Crippen LogP contribution in [0.4, 0.5) is 11.4 Å². The van der Waals surface area contributed by atoms with Crippen LogP contribution in [-0.2, 0) is 16.0 Å². The van der Waals surface area contributed by atoms with Gasteiger partial charge in [-0.1, -0.05) is 48.9 Å². The molecule has 1 N–H and O–H groups in total. The van der Waals surface area contributed by atoms with E-state index < -0.39 is 5.91 Å². The van der Waals surface area contributed by atoms with Crippen molar-refractivity contribution >= 4 is 28.8 Å². The normalized spacial score (nSPS) is 15.3. The Labute approximate surface area is 192 Å². The Morgan fingerprint density at radius 2 is 1.55 bits per heavy atom. The first-order valence-corrected chi connectivity index (χ1v) is 11.0. The maximum atomic E-state index is 13.6. The molecule has 0 radical (unpaired) electrons. The van der Waals surface area contributed by atoms with Crippen molar-refractivity contribution in [1.29, 1.82) is 0 Å². The maximum absolute atomic E-state index is 13.6. The van der Waals surface area contributed by atoms with Crippen molar-refractivity contribution in [1.82, 2.24) is 0 Å². The largest absolute Gasteiger partial charge is 0.486 e. The lowest BCUT2D eigenvalue weighted by Gasteiger charge is -2.19. The molecule has 0 spiro atoms. The summed E-state index contributed by atoms with van der Waals surface area (Å²) in [7, 11) is 0. The number of fused-ring (bicyclic) bond motifs is 1. The van der Waals surface area contributed by atoms with Gasteiger partial charge in [-0.3, -0.25) is 9.59 Å². The number of nitrogens with zero attached hydrogens (tertiary/aromatic N) is 1. The smallest absolute Gasteiger partial charge is 0.282 e. The summed E-state index contributed by atoms with van der Waals surface area (Å²) in [6, 6.07) is 20.5. The molecule has 3 aromatic carbocycles. The highest BCUT2D eigenvalue weighted by Gasteiger charge is 2.40. The Hall–Kier alpha value is -4.06. The molecule has 166 valence electrons. The van der Waals surface area contributed by atoms with Crippen molar-refractivity contribution in [3.05, 3.63) is 89.1 Å². The minimum Gasteiger partial charge on any atom is -0.486 e. The predicted octanol–water partition coefficient (Wildman–Crippen LogP) is 4.73. The van der Waals surface area contributed by atoms with Crippen LogP contribution in [0.1, 0.15) is 23.6 Å². The fourth-order valence-electron chi connectivity index (χ4n) is 4.01. The summed E-state index contributed by atoms with van der Waals surface area (Å²) in [5.74, 6) is 0.515. The lowest BCUT2D eigenvalue weighted by Crippen LogP contribution is -2.32. The molecule has 0 atom stereocenters. The Morgan fingerprint density at radius 3 is 2.24 bits per heavy atom. The van der Waals surface area contributed by atoms with E-state index in [4.69, 9.17) is 9.47 Å². The average molecular weight is 440 g/mol. The maximum Gasteiger partial charge on any atom is 0.282 e. The highest BCUT2D eigenvalue weighted by atomic mass is 16.6. The van der Waals surface area contributed by atoms with Gasteiger partial charge in [0.1, 0.15) is 18.9 Å². The number of aryl methyl sites for hydroxylation is 2. The van der Waals surface area contributed by atoms with E-state index in [0.29, 0.717) is 47.2 Å². The number of hydrogen-bond acceptors (Lipinski definition) is 5. The van der Waals surface area contributed by atoms with Gasteiger partial charge in [0.25, 0.3) is 11.8 Å². The fraction of sp³-hybridized carbons (Fsp3) is 0.185. The van der Waals surface area contributed by atoms with Crippen LogP contribution in [0.25, 0.3) is 5.57 Å². The number of anilines is 2. The van der Waals surface area contributed by atoms with E-state index in [1.165, 1.54) is 4.90 Å². The van der Waals surface area contributed by atoms with Crippen molar-refractivity contribution in [3.63, 3.8) is 0 Å². The van der Waals surface area contributed by atoms with Crippen molar-refractivity contribution in [2.24, 2.45) is 0 Å². The van der Waals surface area contributed by atoms with Gasteiger partial charge in [0.15, 0.2) is 11.5 Å². The Morgan fingerprint density at radius 1 is 0.848 bits per heavy atom.